The lowest BCUT2D eigenvalue weighted by molar-refractivity contribution is -0.141. The van der Waals surface area contributed by atoms with Crippen molar-refractivity contribution in [3.8, 4) is 0 Å². The minimum absolute atomic E-state index is 0.521. The van der Waals surface area contributed by atoms with Crippen LogP contribution in [0.5, 0.6) is 0 Å². The smallest absolute Gasteiger partial charge is 0.312 e. The lowest BCUT2D eigenvalue weighted by Crippen LogP contribution is -2.15. The van der Waals surface area contributed by atoms with Gasteiger partial charge in [-0.05, 0) is 45.8 Å². The molecule has 2 amide bonds. The number of benzene rings is 4. The van der Waals surface area contributed by atoms with Gasteiger partial charge in [0.25, 0.3) is 0 Å². The number of aliphatic carboxylic acids is 2. The lowest BCUT2D eigenvalue weighted by Gasteiger charge is -2.05. The summed E-state index contributed by atoms with van der Waals surface area (Å²) in [5.74, 6) is -3.31. The summed E-state index contributed by atoms with van der Waals surface area (Å²) in [6, 6.07) is 26.4. The predicted molar refractivity (Wildman–Crippen MR) is 130 cm³/mol. The average Bonchev–Trinajstić information content (AvgIpc) is 2.78. The van der Waals surface area contributed by atoms with Crippen LogP contribution in [0.2, 0.25) is 0 Å². The van der Waals surface area contributed by atoms with Crippen molar-refractivity contribution >= 4 is 56.7 Å². The number of carbonyl (C=O) groups excluding carboxylic acids is 2. The van der Waals surface area contributed by atoms with Gasteiger partial charge in [0.2, 0.25) is 11.8 Å². The zero-order valence-electron chi connectivity index (χ0n) is 18.0. The third-order valence-corrected chi connectivity index (χ3v) is 4.69. The molecule has 4 aromatic carbocycles. The summed E-state index contributed by atoms with van der Waals surface area (Å²) >= 11 is 0. The first kappa shape index (κ1) is 23.9. The molecular formula is C26H22N2O6. The van der Waals surface area contributed by atoms with Crippen molar-refractivity contribution in [2.75, 3.05) is 10.6 Å². The van der Waals surface area contributed by atoms with Gasteiger partial charge in [0, 0.05) is 11.4 Å². The summed E-state index contributed by atoms with van der Waals surface area (Å²) in [4.78, 5) is 43.2. The Morgan fingerprint density at radius 1 is 0.529 bits per heavy atom. The lowest BCUT2D eigenvalue weighted by atomic mass is 10.1. The fourth-order valence-electron chi connectivity index (χ4n) is 3.22. The van der Waals surface area contributed by atoms with Gasteiger partial charge >= 0.3 is 11.9 Å². The summed E-state index contributed by atoms with van der Waals surface area (Å²) in [5, 5.41) is 26.2. The summed E-state index contributed by atoms with van der Waals surface area (Å²) in [5.41, 5.74) is 1.21. The maximum Gasteiger partial charge on any atom is 0.312 e. The molecule has 0 saturated carbocycles. The van der Waals surface area contributed by atoms with Gasteiger partial charge in [0.15, 0.2) is 0 Å². The van der Waals surface area contributed by atoms with Gasteiger partial charge in [-0.15, -0.1) is 0 Å². The predicted octanol–water partition coefficient (Wildman–Crippen LogP) is 4.51. The van der Waals surface area contributed by atoms with E-state index in [9.17, 15) is 19.2 Å². The van der Waals surface area contributed by atoms with Crippen LogP contribution < -0.4 is 10.6 Å². The third-order valence-electron chi connectivity index (χ3n) is 4.69. The Hall–Kier alpha value is -4.72. The van der Waals surface area contributed by atoms with Crippen molar-refractivity contribution in [1.29, 1.82) is 0 Å². The van der Waals surface area contributed by atoms with Crippen LogP contribution in [0.15, 0.2) is 84.9 Å². The quantitative estimate of drug-likeness (QED) is 0.314. The molecule has 0 atom stereocenters. The first-order valence-electron chi connectivity index (χ1n) is 10.3. The molecular weight excluding hydrogens is 436 g/mol. The van der Waals surface area contributed by atoms with E-state index in [1.165, 1.54) is 0 Å². The van der Waals surface area contributed by atoms with Crippen molar-refractivity contribution in [1.82, 2.24) is 0 Å². The molecule has 34 heavy (non-hydrogen) atoms. The van der Waals surface area contributed by atoms with Crippen molar-refractivity contribution < 1.29 is 29.4 Å². The highest BCUT2D eigenvalue weighted by molar-refractivity contribution is 6.03. The highest BCUT2D eigenvalue weighted by Crippen LogP contribution is 2.19. The Balaban J connectivity index is 0.000000191. The van der Waals surface area contributed by atoms with Crippen LogP contribution in [0, 0.1) is 0 Å². The Labute approximate surface area is 194 Å². The Bertz CT molecular complexity index is 1260. The molecule has 0 spiro atoms. The standard InChI is InChI=1S/2C13H11NO3/c2*15-12(8-13(16)17)14-11-6-5-9-3-1-2-4-10(9)7-11/h2*1-7H,8H2,(H,14,15)(H,16,17). The highest BCUT2D eigenvalue weighted by atomic mass is 16.4. The van der Waals surface area contributed by atoms with E-state index >= 15 is 0 Å². The maximum absolute atomic E-state index is 11.3. The molecule has 0 fully saturated rings. The van der Waals surface area contributed by atoms with E-state index in [0.717, 1.165) is 21.5 Å². The molecule has 8 heteroatoms. The second-order valence-electron chi connectivity index (χ2n) is 7.36. The van der Waals surface area contributed by atoms with Crippen LogP contribution in [0.25, 0.3) is 21.5 Å². The number of amides is 2. The molecule has 4 N–H and O–H groups in total. The number of nitrogens with one attached hydrogen (secondary N) is 2. The van der Waals surface area contributed by atoms with Gasteiger partial charge in [-0.3, -0.25) is 19.2 Å². The van der Waals surface area contributed by atoms with Crippen LogP contribution in [0.4, 0.5) is 11.4 Å². The minimum atomic E-state index is -1.14. The first-order valence-corrected chi connectivity index (χ1v) is 10.3. The van der Waals surface area contributed by atoms with Crippen molar-refractivity contribution in [2.45, 2.75) is 12.8 Å². The molecule has 0 saturated heterocycles. The fraction of sp³-hybridized carbons (Fsp3) is 0.0769. The normalized spacial score (nSPS) is 10.1. The van der Waals surface area contributed by atoms with Gasteiger partial charge in [0.05, 0.1) is 0 Å². The molecule has 0 aliphatic heterocycles. The topological polar surface area (TPSA) is 133 Å². The third kappa shape index (κ3) is 7.16. The number of hydrogen-bond acceptors (Lipinski definition) is 4. The summed E-state index contributed by atoms with van der Waals surface area (Å²) in [6.45, 7) is 0. The number of carboxylic acids is 2. The van der Waals surface area contributed by atoms with Gasteiger partial charge in [-0.25, -0.2) is 0 Å². The Morgan fingerprint density at radius 2 is 0.882 bits per heavy atom. The molecule has 0 aliphatic rings. The molecule has 0 bridgehead atoms. The van der Waals surface area contributed by atoms with Crippen LogP contribution >= 0.6 is 0 Å². The van der Waals surface area contributed by atoms with Gasteiger partial charge in [0.1, 0.15) is 12.8 Å². The molecule has 0 heterocycles. The maximum atomic E-state index is 11.3. The number of rotatable bonds is 6. The van der Waals surface area contributed by atoms with Crippen molar-refractivity contribution in [3.63, 3.8) is 0 Å². The van der Waals surface area contributed by atoms with Crippen LogP contribution in [-0.2, 0) is 19.2 Å². The second kappa shape index (κ2) is 11.2. The zero-order chi connectivity index (χ0) is 24.5. The monoisotopic (exact) mass is 458 g/mol. The zero-order valence-corrected chi connectivity index (χ0v) is 18.0. The number of carbonyl (C=O) groups is 4. The van der Waals surface area contributed by atoms with E-state index in [2.05, 4.69) is 10.6 Å². The SMILES string of the molecule is O=C(O)CC(=O)Nc1ccc2ccccc2c1.O=C(O)CC(=O)Nc1ccc2ccccc2c1. The fourth-order valence-corrected chi connectivity index (χ4v) is 3.22. The molecule has 4 rings (SSSR count). The van der Waals surface area contributed by atoms with Gasteiger partial charge in [-0.2, -0.15) is 0 Å². The molecule has 0 unspecified atom stereocenters. The van der Waals surface area contributed by atoms with E-state index in [4.69, 9.17) is 10.2 Å². The second-order valence-corrected chi connectivity index (χ2v) is 7.36. The van der Waals surface area contributed by atoms with E-state index in [1.807, 2.05) is 72.8 Å². The van der Waals surface area contributed by atoms with Gasteiger partial charge < -0.3 is 20.8 Å². The Kier molecular flexibility index (Phi) is 7.91. The van der Waals surface area contributed by atoms with E-state index < -0.39 is 36.6 Å². The minimum Gasteiger partial charge on any atom is -0.481 e. The number of carboxylic acid groups (broad SMARTS) is 2. The number of hydrogen-bond donors (Lipinski definition) is 4. The molecule has 0 aliphatic carbocycles. The van der Waals surface area contributed by atoms with Crippen molar-refractivity contribution in [3.05, 3.63) is 84.9 Å². The molecule has 4 aromatic rings. The van der Waals surface area contributed by atoms with Crippen LogP contribution in [0.1, 0.15) is 12.8 Å². The first-order chi connectivity index (χ1) is 16.3. The largest absolute Gasteiger partial charge is 0.481 e. The number of anilines is 2. The van der Waals surface area contributed by atoms with Crippen LogP contribution in [-0.4, -0.2) is 34.0 Å². The van der Waals surface area contributed by atoms with Gasteiger partial charge in [-0.1, -0.05) is 60.7 Å². The van der Waals surface area contributed by atoms with E-state index in [1.54, 1.807) is 12.1 Å². The number of fused-ring (bicyclic) bond motifs is 2. The summed E-state index contributed by atoms with van der Waals surface area (Å²) < 4.78 is 0. The molecule has 8 nitrogen and oxygen atoms in total. The average molecular weight is 458 g/mol. The summed E-state index contributed by atoms with van der Waals surface area (Å²) in [6.07, 6.45) is -1.04. The van der Waals surface area contributed by atoms with Crippen molar-refractivity contribution in [2.24, 2.45) is 0 Å². The molecule has 0 aromatic heterocycles. The molecule has 0 radical (unpaired) electrons. The van der Waals surface area contributed by atoms with E-state index in [0.29, 0.717) is 11.4 Å². The Morgan fingerprint density at radius 3 is 1.24 bits per heavy atom. The van der Waals surface area contributed by atoms with Crippen LogP contribution in [0.3, 0.4) is 0 Å². The van der Waals surface area contributed by atoms with E-state index in [-0.39, 0.29) is 0 Å². The highest BCUT2D eigenvalue weighted by Gasteiger charge is 2.08. The molecule has 172 valence electrons. The summed E-state index contributed by atoms with van der Waals surface area (Å²) in [7, 11) is 0.